The van der Waals surface area contributed by atoms with Gasteiger partial charge in [0.1, 0.15) is 12.4 Å². The summed E-state index contributed by atoms with van der Waals surface area (Å²) in [4.78, 5) is 18.5. The average Bonchev–Trinajstić information content (AvgIpc) is 2.61. The summed E-state index contributed by atoms with van der Waals surface area (Å²) >= 11 is 0. The molecular weight excluding hydrogens is 304 g/mol. The Bertz CT molecular complexity index is 700. The number of nitrogens with zero attached hydrogens (tertiary/aromatic N) is 2. The molecule has 24 heavy (non-hydrogen) atoms. The molecule has 0 spiro atoms. The highest BCUT2D eigenvalue weighted by Crippen LogP contribution is 2.16. The lowest BCUT2D eigenvalue weighted by Gasteiger charge is -2.30. The molecule has 1 N–H and O–H groups in total. The molecule has 3 rings (SSSR count). The summed E-state index contributed by atoms with van der Waals surface area (Å²) in [6.45, 7) is 3.42. The van der Waals surface area contributed by atoms with E-state index < -0.39 is 6.10 Å². The summed E-state index contributed by atoms with van der Waals surface area (Å²) in [5.74, 6) is 0.670. The molecule has 1 atom stereocenters. The third-order valence-corrected chi connectivity index (χ3v) is 4.15. The first kappa shape index (κ1) is 16.5. The SMILES string of the molecule is Cc1ccc(OCc2cccc(C(=O)N3CCCC(O)C3)c2)cn1. The predicted molar refractivity (Wildman–Crippen MR) is 90.9 cm³/mol. The minimum atomic E-state index is -0.414. The Labute approximate surface area is 141 Å². The van der Waals surface area contributed by atoms with Crippen LogP contribution in [-0.4, -0.2) is 40.1 Å². The minimum absolute atomic E-state index is 0.0346. The van der Waals surface area contributed by atoms with Gasteiger partial charge < -0.3 is 14.7 Å². The smallest absolute Gasteiger partial charge is 0.253 e. The quantitative estimate of drug-likeness (QED) is 0.938. The van der Waals surface area contributed by atoms with Crippen molar-refractivity contribution in [2.75, 3.05) is 13.1 Å². The van der Waals surface area contributed by atoms with Gasteiger partial charge in [0.2, 0.25) is 0 Å². The van der Waals surface area contributed by atoms with E-state index in [4.69, 9.17) is 4.74 Å². The highest BCUT2D eigenvalue weighted by atomic mass is 16.5. The third-order valence-electron chi connectivity index (χ3n) is 4.15. The molecule has 0 aliphatic carbocycles. The maximum absolute atomic E-state index is 12.6. The molecule has 1 amide bonds. The van der Waals surface area contributed by atoms with Crippen LogP contribution in [0.2, 0.25) is 0 Å². The molecule has 1 aliphatic rings. The predicted octanol–water partition coefficient (Wildman–Crippen LogP) is 2.57. The number of benzene rings is 1. The number of aryl methyl sites for hydroxylation is 1. The fourth-order valence-electron chi connectivity index (χ4n) is 2.82. The molecule has 5 nitrogen and oxygen atoms in total. The number of ether oxygens (including phenoxy) is 1. The van der Waals surface area contributed by atoms with Crippen LogP contribution in [-0.2, 0) is 6.61 Å². The molecule has 1 aromatic heterocycles. The van der Waals surface area contributed by atoms with Crippen molar-refractivity contribution in [3.8, 4) is 5.75 Å². The molecule has 1 unspecified atom stereocenters. The molecule has 1 aliphatic heterocycles. The van der Waals surface area contributed by atoms with Crippen LogP contribution in [0.4, 0.5) is 0 Å². The Balaban J connectivity index is 1.65. The second-order valence-corrected chi connectivity index (χ2v) is 6.17. The van der Waals surface area contributed by atoms with Crippen LogP contribution in [0.3, 0.4) is 0 Å². The molecule has 1 aromatic carbocycles. The van der Waals surface area contributed by atoms with Gasteiger partial charge in [0, 0.05) is 24.3 Å². The average molecular weight is 326 g/mol. The van der Waals surface area contributed by atoms with E-state index in [0.717, 1.165) is 24.1 Å². The number of piperidine rings is 1. The lowest BCUT2D eigenvalue weighted by atomic mass is 10.1. The van der Waals surface area contributed by atoms with Crippen LogP contribution in [0.25, 0.3) is 0 Å². The van der Waals surface area contributed by atoms with E-state index in [1.165, 1.54) is 0 Å². The highest BCUT2D eigenvalue weighted by molar-refractivity contribution is 5.94. The number of aromatic nitrogens is 1. The number of pyridine rings is 1. The second-order valence-electron chi connectivity index (χ2n) is 6.17. The van der Waals surface area contributed by atoms with Crippen molar-refractivity contribution >= 4 is 5.91 Å². The highest BCUT2D eigenvalue weighted by Gasteiger charge is 2.23. The van der Waals surface area contributed by atoms with Gasteiger partial charge in [-0.15, -0.1) is 0 Å². The maximum Gasteiger partial charge on any atom is 0.253 e. The monoisotopic (exact) mass is 326 g/mol. The van der Waals surface area contributed by atoms with Gasteiger partial charge in [0.15, 0.2) is 0 Å². The van der Waals surface area contributed by atoms with Gasteiger partial charge in [-0.2, -0.15) is 0 Å². The number of hydrogen-bond acceptors (Lipinski definition) is 4. The Morgan fingerprint density at radius 2 is 2.25 bits per heavy atom. The number of β-amino-alcohol motifs (C(OH)–C–C–N with tert-alkyl or cyclic N) is 1. The van der Waals surface area contributed by atoms with E-state index in [2.05, 4.69) is 4.98 Å². The summed E-state index contributed by atoms with van der Waals surface area (Å²) in [6, 6.07) is 11.2. The van der Waals surface area contributed by atoms with Crippen molar-refractivity contribution < 1.29 is 14.6 Å². The molecule has 1 saturated heterocycles. The van der Waals surface area contributed by atoms with E-state index in [-0.39, 0.29) is 5.91 Å². The zero-order chi connectivity index (χ0) is 16.9. The second kappa shape index (κ2) is 7.45. The van der Waals surface area contributed by atoms with Crippen molar-refractivity contribution in [2.24, 2.45) is 0 Å². The van der Waals surface area contributed by atoms with E-state index in [1.54, 1.807) is 17.2 Å². The van der Waals surface area contributed by atoms with Crippen molar-refractivity contribution in [2.45, 2.75) is 32.5 Å². The number of amides is 1. The molecule has 0 radical (unpaired) electrons. The number of rotatable bonds is 4. The number of aliphatic hydroxyl groups is 1. The van der Waals surface area contributed by atoms with Crippen molar-refractivity contribution in [1.82, 2.24) is 9.88 Å². The molecule has 126 valence electrons. The lowest BCUT2D eigenvalue weighted by Crippen LogP contribution is -2.42. The Hall–Kier alpha value is -2.40. The number of carbonyl (C=O) groups excluding carboxylic acids is 1. The van der Waals surface area contributed by atoms with Crippen LogP contribution >= 0.6 is 0 Å². The van der Waals surface area contributed by atoms with Crippen molar-refractivity contribution in [3.05, 3.63) is 59.4 Å². The zero-order valence-corrected chi connectivity index (χ0v) is 13.8. The normalized spacial score (nSPS) is 17.6. The maximum atomic E-state index is 12.6. The molecule has 5 heteroatoms. The fraction of sp³-hybridized carbons (Fsp3) is 0.368. The number of likely N-dealkylation sites (tertiary alicyclic amines) is 1. The van der Waals surface area contributed by atoms with Crippen LogP contribution < -0.4 is 4.74 Å². The van der Waals surface area contributed by atoms with Gasteiger partial charge in [0.25, 0.3) is 5.91 Å². The topological polar surface area (TPSA) is 62.7 Å². The van der Waals surface area contributed by atoms with Crippen LogP contribution in [0.5, 0.6) is 5.75 Å². The Kier molecular flexibility index (Phi) is 5.11. The third kappa shape index (κ3) is 4.11. The first-order valence-corrected chi connectivity index (χ1v) is 8.23. The Morgan fingerprint density at radius 3 is 3.00 bits per heavy atom. The van der Waals surface area contributed by atoms with Gasteiger partial charge in [-0.3, -0.25) is 9.78 Å². The van der Waals surface area contributed by atoms with Crippen LogP contribution in [0, 0.1) is 6.92 Å². The van der Waals surface area contributed by atoms with Crippen LogP contribution in [0.1, 0.15) is 34.5 Å². The van der Waals surface area contributed by atoms with E-state index in [0.29, 0.717) is 31.0 Å². The molecule has 2 aromatic rings. The fourth-order valence-corrected chi connectivity index (χ4v) is 2.82. The van der Waals surface area contributed by atoms with Crippen molar-refractivity contribution in [1.29, 1.82) is 0 Å². The largest absolute Gasteiger partial charge is 0.487 e. The number of hydrogen-bond donors (Lipinski definition) is 1. The summed E-state index contributed by atoms with van der Waals surface area (Å²) in [5.41, 5.74) is 2.50. The summed E-state index contributed by atoms with van der Waals surface area (Å²) in [7, 11) is 0. The molecule has 2 heterocycles. The Morgan fingerprint density at radius 1 is 1.38 bits per heavy atom. The van der Waals surface area contributed by atoms with Crippen LogP contribution in [0.15, 0.2) is 42.6 Å². The number of carbonyl (C=O) groups is 1. The van der Waals surface area contributed by atoms with E-state index >= 15 is 0 Å². The minimum Gasteiger partial charge on any atom is -0.487 e. The molecule has 0 bridgehead atoms. The summed E-state index contributed by atoms with van der Waals surface area (Å²) in [6.07, 6.45) is 2.89. The first-order chi connectivity index (χ1) is 11.6. The van der Waals surface area contributed by atoms with Gasteiger partial charge >= 0.3 is 0 Å². The van der Waals surface area contributed by atoms with Gasteiger partial charge in [-0.1, -0.05) is 12.1 Å². The first-order valence-electron chi connectivity index (χ1n) is 8.23. The van der Waals surface area contributed by atoms with E-state index in [9.17, 15) is 9.90 Å². The van der Waals surface area contributed by atoms with E-state index in [1.807, 2.05) is 37.3 Å². The molecular formula is C19H22N2O3. The van der Waals surface area contributed by atoms with Gasteiger partial charge in [-0.05, 0) is 49.6 Å². The van der Waals surface area contributed by atoms with Crippen molar-refractivity contribution in [3.63, 3.8) is 0 Å². The zero-order valence-electron chi connectivity index (χ0n) is 13.8. The summed E-state index contributed by atoms with van der Waals surface area (Å²) < 4.78 is 5.72. The standard InChI is InChI=1S/C19H22N2O3/c1-14-7-8-18(11-20-14)24-13-15-4-2-5-16(10-15)19(23)21-9-3-6-17(22)12-21/h2,4-5,7-8,10-11,17,22H,3,6,9,12-13H2,1H3. The number of aliphatic hydroxyl groups excluding tert-OH is 1. The molecule has 0 saturated carbocycles. The van der Waals surface area contributed by atoms with Gasteiger partial charge in [-0.25, -0.2) is 0 Å². The lowest BCUT2D eigenvalue weighted by molar-refractivity contribution is 0.0473. The van der Waals surface area contributed by atoms with Gasteiger partial charge in [0.05, 0.1) is 12.3 Å². The summed E-state index contributed by atoms with van der Waals surface area (Å²) in [5, 5.41) is 9.74. The molecule has 1 fully saturated rings.